The molecule has 0 saturated carbocycles. The summed E-state index contributed by atoms with van der Waals surface area (Å²) in [6, 6.07) is 3.20. The first kappa shape index (κ1) is 19.0. The Labute approximate surface area is 138 Å². The lowest BCUT2D eigenvalue weighted by atomic mass is 9.98. The lowest BCUT2D eigenvalue weighted by molar-refractivity contribution is -0.145. The molecule has 0 spiro atoms. The van der Waals surface area contributed by atoms with Crippen LogP contribution >= 0.6 is 0 Å². The molecule has 1 N–H and O–H groups in total. The molecule has 128 valence electrons. The van der Waals surface area contributed by atoms with Crippen molar-refractivity contribution in [3.05, 3.63) is 28.8 Å². The number of esters is 1. The summed E-state index contributed by atoms with van der Waals surface area (Å²) in [7, 11) is 2.95. The fourth-order valence-corrected chi connectivity index (χ4v) is 2.58. The topological polar surface area (TPSA) is 64.6 Å². The molecule has 1 aromatic rings. The highest BCUT2D eigenvalue weighted by atomic mass is 16.5. The highest BCUT2D eigenvalue weighted by Crippen LogP contribution is 2.22. The predicted octanol–water partition coefficient (Wildman–Crippen LogP) is 2.56. The number of nitrogens with one attached hydrogen (secondary N) is 1. The van der Waals surface area contributed by atoms with Gasteiger partial charge in [0.15, 0.2) is 0 Å². The highest BCUT2D eigenvalue weighted by Gasteiger charge is 2.23. The van der Waals surface area contributed by atoms with Crippen LogP contribution in [0.2, 0.25) is 0 Å². The molecule has 23 heavy (non-hydrogen) atoms. The smallest absolute Gasteiger partial charge is 0.328 e. The van der Waals surface area contributed by atoms with Crippen molar-refractivity contribution in [2.45, 2.75) is 46.6 Å². The van der Waals surface area contributed by atoms with E-state index in [0.29, 0.717) is 6.42 Å². The van der Waals surface area contributed by atoms with Gasteiger partial charge in [0.1, 0.15) is 11.8 Å². The molecular formula is C18H27NO4. The minimum Gasteiger partial charge on any atom is -0.497 e. The second kappa shape index (κ2) is 8.56. The Bertz CT molecular complexity index is 543. The summed E-state index contributed by atoms with van der Waals surface area (Å²) in [4.78, 5) is 24.1. The number of benzene rings is 1. The van der Waals surface area contributed by atoms with Gasteiger partial charge in [-0.2, -0.15) is 0 Å². The number of hydrogen-bond donors (Lipinski definition) is 1. The van der Waals surface area contributed by atoms with Crippen LogP contribution in [0.1, 0.15) is 37.0 Å². The van der Waals surface area contributed by atoms with Crippen molar-refractivity contribution in [2.75, 3.05) is 14.2 Å². The van der Waals surface area contributed by atoms with Gasteiger partial charge in [0, 0.05) is 0 Å². The van der Waals surface area contributed by atoms with E-state index in [1.54, 1.807) is 7.11 Å². The summed E-state index contributed by atoms with van der Waals surface area (Å²) in [5, 5.41) is 2.79. The van der Waals surface area contributed by atoms with Gasteiger partial charge in [-0.1, -0.05) is 13.8 Å². The van der Waals surface area contributed by atoms with Crippen molar-refractivity contribution >= 4 is 11.9 Å². The number of ether oxygens (including phenoxy) is 2. The second-order valence-electron chi connectivity index (χ2n) is 6.19. The number of carbonyl (C=O) groups is 2. The van der Waals surface area contributed by atoms with Gasteiger partial charge in [-0.25, -0.2) is 4.79 Å². The lowest BCUT2D eigenvalue weighted by Gasteiger charge is -2.19. The van der Waals surface area contributed by atoms with Crippen LogP contribution in [0.4, 0.5) is 0 Å². The van der Waals surface area contributed by atoms with E-state index in [1.165, 1.54) is 7.11 Å². The fourth-order valence-electron chi connectivity index (χ4n) is 2.58. The lowest BCUT2D eigenvalue weighted by Crippen LogP contribution is -2.43. The van der Waals surface area contributed by atoms with Crippen LogP contribution in [0.5, 0.6) is 5.75 Å². The minimum absolute atomic E-state index is 0.183. The molecule has 0 radical (unpaired) electrons. The van der Waals surface area contributed by atoms with E-state index in [1.807, 2.05) is 39.8 Å². The highest BCUT2D eigenvalue weighted by molar-refractivity contribution is 5.86. The first-order valence-corrected chi connectivity index (χ1v) is 7.79. The van der Waals surface area contributed by atoms with Crippen molar-refractivity contribution in [1.29, 1.82) is 0 Å². The van der Waals surface area contributed by atoms with Crippen molar-refractivity contribution in [2.24, 2.45) is 5.92 Å². The predicted molar refractivity (Wildman–Crippen MR) is 89.6 cm³/mol. The van der Waals surface area contributed by atoms with Gasteiger partial charge in [0.2, 0.25) is 5.91 Å². The monoisotopic (exact) mass is 321 g/mol. The molecule has 0 aliphatic rings. The van der Waals surface area contributed by atoms with E-state index in [4.69, 9.17) is 9.47 Å². The molecule has 0 aliphatic heterocycles. The van der Waals surface area contributed by atoms with E-state index in [0.717, 1.165) is 22.4 Å². The van der Waals surface area contributed by atoms with Crippen LogP contribution in [-0.2, 0) is 20.7 Å². The molecule has 0 aliphatic carbocycles. The summed E-state index contributed by atoms with van der Waals surface area (Å²) in [6.07, 6.45) is 0.784. The zero-order valence-corrected chi connectivity index (χ0v) is 14.9. The number of carbonyl (C=O) groups excluding carboxylic acids is 2. The van der Waals surface area contributed by atoms with Gasteiger partial charge in [0.25, 0.3) is 0 Å². The molecule has 1 rings (SSSR count). The Balaban J connectivity index is 2.84. The van der Waals surface area contributed by atoms with Gasteiger partial charge in [-0.3, -0.25) is 4.79 Å². The molecule has 1 atom stereocenters. The molecule has 0 unspecified atom stereocenters. The number of amides is 1. The quantitative estimate of drug-likeness (QED) is 0.784. The average molecular weight is 321 g/mol. The fraction of sp³-hybridized carbons (Fsp3) is 0.556. The van der Waals surface area contributed by atoms with E-state index in [9.17, 15) is 9.59 Å². The van der Waals surface area contributed by atoms with E-state index in [-0.39, 0.29) is 18.2 Å². The molecule has 0 fully saturated rings. The third kappa shape index (κ3) is 5.58. The molecule has 1 amide bonds. The van der Waals surface area contributed by atoms with E-state index >= 15 is 0 Å². The van der Waals surface area contributed by atoms with Crippen LogP contribution in [0.15, 0.2) is 12.1 Å². The average Bonchev–Trinajstić information content (AvgIpc) is 2.48. The van der Waals surface area contributed by atoms with Crippen LogP contribution in [0.3, 0.4) is 0 Å². The number of aryl methyl sites for hydroxylation is 2. The van der Waals surface area contributed by atoms with Gasteiger partial charge in [-0.15, -0.1) is 0 Å². The third-order valence-corrected chi connectivity index (χ3v) is 3.77. The SMILES string of the molecule is COC(=O)[C@H](CC(C)C)NC(=O)Cc1c(C)cc(OC)cc1C. The number of methoxy groups -OCH3 is 2. The molecule has 1 aromatic carbocycles. The minimum atomic E-state index is -0.605. The van der Waals surface area contributed by atoms with Crippen LogP contribution in [0.25, 0.3) is 0 Å². The van der Waals surface area contributed by atoms with Crippen molar-refractivity contribution in [3.8, 4) is 5.75 Å². The largest absolute Gasteiger partial charge is 0.497 e. The zero-order chi connectivity index (χ0) is 17.6. The summed E-state index contributed by atoms with van der Waals surface area (Å²) in [5.74, 6) is 0.466. The Hall–Kier alpha value is -2.04. The first-order valence-electron chi connectivity index (χ1n) is 7.79. The van der Waals surface area contributed by atoms with Crippen LogP contribution in [-0.4, -0.2) is 32.1 Å². The molecule has 0 heterocycles. The van der Waals surface area contributed by atoms with Crippen molar-refractivity contribution < 1.29 is 19.1 Å². The second-order valence-corrected chi connectivity index (χ2v) is 6.19. The Morgan fingerprint density at radius 1 is 1.13 bits per heavy atom. The van der Waals surface area contributed by atoms with Crippen LogP contribution < -0.4 is 10.1 Å². The maximum Gasteiger partial charge on any atom is 0.328 e. The van der Waals surface area contributed by atoms with Crippen molar-refractivity contribution in [1.82, 2.24) is 5.32 Å². The van der Waals surface area contributed by atoms with Gasteiger partial charge in [-0.05, 0) is 55.0 Å². The van der Waals surface area contributed by atoms with E-state index < -0.39 is 12.0 Å². The molecule has 5 heteroatoms. The van der Waals surface area contributed by atoms with E-state index in [2.05, 4.69) is 5.32 Å². The summed E-state index contributed by atoms with van der Waals surface area (Å²) < 4.78 is 10.0. The molecular weight excluding hydrogens is 294 g/mol. The summed E-state index contributed by atoms with van der Waals surface area (Å²) in [5.41, 5.74) is 2.95. The van der Waals surface area contributed by atoms with Gasteiger partial charge in [0.05, 0.1) is 20.6 Å². The van der Waals surface area contributed by atoms with Crippen LogP contribution in [0, 0.1) is 19.8 Å². The maximum absolute atomic E-state index is 12.3. The Morgan fingerprint density at radius 2 is 1.70 bits per heavy atom. The maximum atomic E-state index is 12.3. The van der Waals surface area contributed by atoms with Crippen molar-refractivity contribution in [3.63, 3.8) is 0 Å². The molecule has 0 saturated heterocycles. The Kier molecular flexibility index (Phi) is 7.07. The summed E-state index contributed by atoms with van der Waals surface area (Å²) in [6.45, 7) is 7.90. The molecule has 5 nitrogen and oxygen atoms in total. The standard InChI is InChI=1S/C18H27NO4/c1-11(2)7-16(18(21)23-6)19-17(20)10-15-12(3)8-14(22-5)9-13(15)4/h8-9,11,16H,7,10H2,1-6H3,(H,19,20)/t16-/m0/s1. The Morgan fingerprint density at radius 3 is 2.13 bits per heavy atom. The zero-order valence-electron chi connectivity index (χ0n) is 14.9. The van der Waals surface area contributed by atoms with Gasteiger partial charge >= 0.3 is 5.97 Å². The normalized spacial score (nSPS) is 12.0. The summed E-state index contributed by atoms with van der Waals surface area (Å²) >= 11 is 0. The third-order valence-electron chi connectivity index (χ3n) is 3.77. The first-order chi connectivity index (χ1) is 10.8. The number of hydrogen-bond acceptors (Lipinski definition) is 4. The van der Waals surface area contributed by atoms with Gasteiger partial charge < -0.3 is 14.8 Å². The molecule has 0 bridgehead atoms. The number of rotatable bonds is 7. The molecule has 0 aromatic heterocycles.